The minimum atomic E-state index is 0.0560. The van der Waals surface area contributed by atoms with E-state index < -0.39 is 0 Å². The van der Waals surface area contributed by atoms with Crippen LogP contribution in [0.5, 0.6) is 0 Å². The molecule has 0 spiro atoms. The van der Waals surface area contributed by atoms with Crippen molar-refractivity contribution in [3.8, 4) is 0 Å². The second-order valence-electron chi connectivity index (χ2n) is 4.60. The van der Waals surface area contributed by atoms with Gasteiger partial charge in [-0.2, -0.15) is 0 Å². The molecule has 0 bridgehead atoms. The number of hydrogen-bond donors (Lipinski definition) is 1. The molecule has 2 nitrogen and oxygen atoms in total. The SMILES string of the molecule is CCCCCC(=O)CNC(C)(C)C. The normalized spacial score (nSPS) is 11.7. The molecule has 13 heavy (non-hydrogen) atoms. The second-order valence-corrected chi connectivity index (χ2v) is 4.60. The number of hydrogen-bond acceptors (Lipinski definition) is 2. The summed E-state index contributed by atoms with van der Waals surface area (Å²) < 4.78 is 0. The van der Waals surface area contributed by atoms with Gasteiger partial charge in [-0.15, -0.1) is 0 Å². The van der Waals surface area contributed by atoms with E-state index in [2.05, 4.69) is 33.0 Å². The van der Waals surface area contributed by atoms with Crippen molar-refractivity contribution in [2.45, 2.75) is 58.9 Å². The van der Waals surface area contributed by atoms with Gasteiger partial charge in [-0.1, -0.05) is 19.8 Å². The van der Waals surface area contributed by atoms with Crippen LogP contribution in [0.4, 0.5) is 0 Å². The van der Waals surface area contributed by atoms with Crippen LogP contribution in [0.15, 0.2) is 0 Å². The minimum Gasteiger partial charge on any atom is -0.305 e. The molecule has 0 atom stereocenters. The van der Waals surface area contributed by atoms with Gasteiger partial charge < -0.3 is 5.32 Å². The van der Waals surface area contributed by atoms with Crippen LogP contribution in [-0.2, 0) is 4.79 Å². The van der Waals surface area contributed by atoms with Gasteiger partial charge in [0, 0.05) is 12.0 Å². The quantitative estimate of drug-likeness (QED) is 0.644. The maximum atomic E-state index is 11.3. The van der Waals surface area contributed by atoms with Crippen LogP contribution in [-0.4, -0.2) is 17.9 Å². The highest BCUT2D eigenvalue weighted by Crippen LogP contribution is 2.01. The van der Waals surface area contributed by atoms with Crippen molar-refractivity contribution in [2.24, 2.45) is 0 Å². The van der Waals surface area contributed by atoms with Gasteiger partial charge in [0.2, 0.25) is 0 Å². The summed E-state index contributed by atoms with van der Waals surface area (Å²) in [5.41, 5.74) is 0.0560. The molecular weight excluding hydrogens is 162 g/mol. The van der Waals surface area contributed by atoms with E-state index >= 15 is 0 Å². The first-order valence-electron chi connectivity index (χ1n) is 5.22. The molecule has 0 amide bonds. The maximum Gasteiger partial charge on any atom is 0.146 e. The van der Waals surface area contributed by atoms with E-state index in [1.54, 1.807) is 0 Å². The molecule has 1 N–H and O–H groups in total. The lowest BCUT2D eigenvalue weighted by Crippen LogP contribution is -2.39. The number of carbonyl (C=O) groups is 1. The summed E-state index contributed by atoms with van der Waals surface area (Å²) in [7, 11) is 0. The summed E-state index contributed by atoms with van der Waals surface area (Å²) in [6.45, 7) is 8.90. The molecule has 0 radical (unpaired) electrons. The monoisotopic (exact) mass is 185 g/mol. The molecule has 0 heterocycles. The van der Waals surface area contributed by atoms with Crippen molar-refractivity contribution in [1.29, 1.82) is 0 Å². The second kappa shape index (κ2) is 6.14. The van der Waals surface area contributed by atoms with Crippen LogP contribution >= 0.6 is 0 Å². The van der Waals surface area contributed by atoms with Crippen molar-refractivity contribution in [3.63, 3.8) is 0 Å². The highest BCUT2D eigenvalue weighted by Gasteiger charge is 2.10. The average molecular weight is 185 g/mol. The lowest BCUT2D eigenvalue weighted by Gasteiger charge is -2.19. The fourth-order valence-electron chi connectivity index (χ4n) is 1.02. The van der Waals surface area contributed by atoms with Crippen molar-refractivity contribution >= 4 is 5.78 Å². The molecule has 0 aliphatic heterocycles. The Morgan fingerprint density at radius 3 is 2.31 bits per heavy atom. The first kappa shape index (κ1) is 12.6. The summed E-state index contributed by atoms with van der Waals surface area (Å²) in [5, 5.41) is 3.20. The Bertz CT molecular complexity index is 147. The third kappa shape index (κ3) is 9.54. The molecule has 0 aromatic carbocycles. The number of ketones is 1. The molecule has 0 aromatic heterocycles. The van der Waals surface area contributed by atoms with E-state index in [1.807, 2.05) is 0 Å². The summed E-state index contributed by atoms with van der Waals surface area (Å²) in [4.78, 5) is 11.3. The fourth-order valence-corrected chi connectivity index (χ4v) is 1.02. The van der Waals surface area contributed by atoms with Crippen LogP contribution in [0.25, 0.3) is 0 Å². The predicted octanol–water partition coefficient (Wildman–Crippen LogP) is 2.52. The first-order chi connectivity index (χ1) is 5.95. The molecular formula is C11H23NO. The summed E-state index contributed by atoms with van der Waals surface area (Å²) in [6.07, 6.45) is 4.12. The van der Waals surface area contributed by atoms with Gasteiger partial charge in [-0.05, 0) is 27.2 Å². The van der Waals surface area contributed by atoms with E-state index in [4.69, 9.17) is 0 Å². The maximum absolute atomic E-state index is 11.3. The zero-order chi connectivity index (χ0) is 10.3. The molecule has 0 saturated carbocycles. The van der Waals surface area contributed by atoms with Crippen molar-refractivity contribution in [2.75, 3.05) is 6.54 Å². The molecule has 0 fully saturated rings. The van der Waals surface area contributed by atoms with Gasteiger partial charge in [0.25, 0.3) is 0 Å². The molecule has 0 aliphatic rings. The molecule has 0 aromatic rings. The van der Waals surface area contributed by atoms with E-state index in [-0.39, 0.29) is 5.54 Å². The van der Waals surface area contributed by atoms with E-state index in [9.17, 15) is 4.79 Å². The summed E-state index contributed by atoms with van der Waals surface area (Å²) in [5.74, 6) is 0.336. The Balaban J connectivity index is 3.41. The standard InChI is InChI=1S/C11H23NO/c1-5-6-7-8-10(13)9-12-11(2,3)4/h12H,5-9H2,1-4H3. The van der Waals surface area contributed by atoms with Crippen molar-refractivity contribution < 1.29 is 4.79 Å². The lowest BCUT2D eigenvalue weighted by molar-refractivity contribution is -0.118. The molecule has 0 rings (SSSR count). The van der Waals surface area contributed by atoms with Crippen LogP contribution in [0.2, 0.25) is 0 Å². The summed E-state index contributed by atoms with van der Waals surface area (Å²) in [6, 6.07) is 0. The van der Waals surface area contributed by atoms with Gasteiger partial charge >= 0.3 is 0 Å². The largest absolute Gasteiger partial charge is 0.305 e. The number of unbranched alkanes of at least 4 members (excludes halogenated alkanes) is 2. The fraction of sp³-hybridized carbons (Fsp3) is 0.909. The Morgan fingerprint density at radius 2 is 1.85 bits per heavy atom. The summed E-state index contributed by atoms with van der Waals surface area (Å²) >= 11 is 0. The third-order valence-corrected chi connectivity index (χ3v) is 1.88. The highest BCUT2D eigenvalue weighted by molar-refractivity contribution is 5.80. The first-order valence-corrected chi connectivity index (χ1v) is 5.22. The molecule has 0 unspecified atom stereocenters. The Hall–Kier alpha value is -0.370. The topological polar surface area (TPSA) is 29.1 Å². The number of Topliss-reactive ketones (excluding diaryl/α,β-unsaturated/α-hetero) is 1. The zero-order valence-electron chi connectivity index (χ0n) is 9.44. The van der Waals surface area contributed by atoms with Gasteiger partial charge in [0.05, 0.1) is 6.54 Å². The molecule has 2 heteroatoms. The van der Waals surface area contributed by atoms with E-state index in [1.165, 1.54) is 12.8 Å². The minimum absolute atomic E-state index is 0.0560. The zero-order valence-corrected chi connectivity index (χ0v) is 9.44. The number of nitrogens with one attached hydrogen (secondary N) is 1. The van der Waals surface area contributed by atoms with E-state index in [0.717, 1.165) is 12.8 Å². The van der Waals surface area contributed by atoms with Gasteiger partial charge in [0.15, 0.2) is 0 Å². The van der Waals surface area contributed by atoms with Crippen LogP contribution < -0.4 is 5.32 Å². The molecule has 78 valence electrons. The van der Waals surface area contributed by atoms with Crippen molar-refractivity contribution in [1.82, 2.24) is 5.32 Å². The van der Waals surface area contributed by atoms with Crippen molar-refractivity contribution in [3.05, 3.63) is 0 Å². The smallest absolute Gasteiger partial charge is 0.146 e. The Labute approximate surface area is 82.1 Å². The van der Waals surface area contributed by atoms with Crippen LogP contribution in [0.3, 0.4) is 0 Å². The molecule has 0 aliphatic carbocycles. The highest BCUT2D eigenvalue weighted by atomic mass is 16.1. The Morgan fingerprint density at radius 1 is 1.23 bits per heavy atom. The van der Waals surface area contributed by atoms with Crippen LogP contribution in [0.1, 0.15) is 53.4 Å². The third-order valence-electron chi connectivity index (χ3n) is 1.88. The van der Waals surface area contributed by atoms with E-state index in [0.29, 0.717) is 12.3 Å². The number of carbonyl (C=O) groups excluding carboxylic acids is 1. The molecule has 0 saturated heterocycles. The lowest BCUT2D eigenvalue weighted by atomic mass is 10.1. The number of rotatable bonds is 6. The van der Waals surface area contributed by atoms with Gasteiger partial charge in [-0.3, -0.25) is 4.79 Å². The van der Waals surface area contributed by atoms with Gasteiger partial charge in [-0.25, -0.2) is 0 Å². The Kier molecular flexibility index (Phi) is 5.97. The van der Waals surface area contributed by atoms with Crippen LogP contribution in [0, 0.1) is 0 Å². The predicted molar refractivity (Wildman–Crippen MR) is 56.9 cm³/mol. The van der Waals surface area contributed by atoms with Gasteiger partial charge in [0.1, 0.15) is 5.78 Å². The average Bonchev–Trinajstić information content (AvgIpc) is 2.00.